The molecule has 0 fully saturated rings. The predicted octanol–water partition coefficient (Wildman–Crippen LogP) is 2.92. The average Bonchev–Trinajstić information content (AvgIpc) is 3.24. The quantitative estimate of drug-likeness (QED) is 0.536. The fourth-order valence-electron chi connectivity index (χ4n) is 2.88. The van der Waals surface area contributed by atoms with E-state index in [1.807, 2.05) is 6.26 Å². The first-order chi connectivity index (χ1) is 14.5. The summed E-state index contributed by atoms with van der Waals surface area (Å²) in [4.78, 5) is 24.5. The molecule has 1 N–H and O–H groups in total. The third kappa shape index (κ3) is 5.85. The Kier molecular flexibility index (Phi) is 8.91. The van der Waals surface area contributed by atoms with E-state index >= 15 is 0 Å². The molecule has 0 bridgehead atoms. The van der Waals surface area contributed by atoms with E-state index in [9.17, 15) is 9.59 Å². The molecular weight excluding hydrogens is 410 g/mol. The van der Waals surface area contributed by atoms with Crippen molar-refractivity contribution in [1.29, 1.82) is 0 Å². The standard InChI is InChI=1S/C21H27NO7S/c1-25-14-11-18(26-2)15(19(12-14)27-3)10-13-6-7-17(29-13)20(23)22-16(8-9-30-5)21(24)28-4/h6-7,11-12,16H,8-10H2,1-5H3,(H,22,23). The van der Waals surface area contributed by atoms with Crippen LogP contribution in [0.15, 0.2) is 28.7 Å². The molecule has 9 heteroatoms. The molecule has 1 unspecified atom stereocenters. The number of thioether (sulfide) groups is 1. The van der Waals surface area contributed by atoms with Crippen molar-refractivity contribution in [3.05, 3.63) is 41.3 Å². The predicted molar refractivity (Wildman–Crippen MR) is 114 cm³/mol. The minimum absolute atomic E-state index is 0.106. The lowest BCUT2D eigenvalue weighted by Crippen LogP contribution is -2.41. The second-order valence-corrected chi connectivity index (χ2v) is 7.27. The molecule has 0 aliphatic carbocycles. The summed E-state index contributed by atoms with van der Waals surface area (Å²) in [6, 6.07) is 6.04. The van der Waals surface area contributed by atoms with Crippen molar-refractivity contribution in [1.82, 2.24) is 5.32 Å². The Bertz CT molecular complexity index is 840. The van der Waals surface area contributed by atoms with Crippen LogP contribution in [0.4, 0.5) is 0 Å². The number of amides is 1. The van der Waals surface area contributed by atoms with Gasteiger partial charge in [0.15, 0.2) is 5.76 Å². The zero-order valence-electron chi connectivity index (χ0n) is 17.8. The highest BCUT2D eigenvalue weighted by atomic mass is 32.2. The molecule has 30 heavy (non-hydrogen) atoms. The molecule has 0 aliphatic heterocycles. The number of nitrogens with one attached hydrogen (secondary N) is 1. The van der Waals surface area contributed by atoms with Gasteiger partial charge in [-0.3, -0.25) is 4.79 Å². The first kappa shape index (κ1) is 23.5. The van der Waals surface area contributed by atoms with Gasteiger partial charge in [0, 0.05) is 24.1 Å². The van der Waals surface area contributed by atoms with E-state index in [1.54, 1.807) is 57.4 Å². The molecule has 1 heterocycles. The third-order valence-corrected chi connectivity index (χ3v) is 5.10. The van der Waals surface area contributed by atoms with Crippen molar-refractivity contribution < 1.29 is 33.0 Å². The summed E-state index contributed by atoms with van der Waals surface area (Å²) >= 11 is 1.58. The molecule has 0 saturated heterocycles. The normalized spacial score (nSPS) is 11.5. The van der Waals surface area contributed by atoms with Crippen LogP contribution in [0.2, 0.25) is 0 Å². The molecule has 1 amide bonds. The van der Waals surface area contributed by atoms with Crippen LogP contribution in [0.1, 0.15) is 28.3 Å². The Morgan fingerprint density at radius 2 is 1.73 bits per heavy atom. The Morgan fingerprint density at radius 3 is 2.27 bits per heavy atom. The molecule has 1 atom stereocenters. The van der Waals surface area contributed by atoms with E-state index in [0.717, 1.165) is 5.56 Å². The van der Waals surface area contributed by atoms with Crippen LogP contribution in [-0.4, -0.2) is 58.4 Å². The van der Waals surface area contributed by atoms with Gasteiger partial charge in [-0.2, -0.15) is 11.8 Å². The number of esters is 1. The molecule has 2 aromatic rings. The number of ether oxygens (including phenoxy) is 4. The van der Waals surface area contributed by atoms with Crippen LogP contribution >= 0.6 is 11.8 Å². The third-order valence-electron chi connectivity index (χ3n) is 4.46. The van der Waals surface area contributed by atoms with Crippen molar-refractivity contribution in [2.45, 2.75) is 18.9 Å². The fourth-order valence-corrected chi connectivity index (χ4v) is 3.35. The Labute approximate surface area is 180 Å². The lowest BCUT2D eigenvalue weighted by Gasteiger charge is -2.15. The maximum Gasteiger partial charge on any atom is 0.328 e. The minimum atomic E-state index is -0.731. The number of benzene rings is 1. The van der Waals surface area contributed by atoms with Gasteiger partial charge >= 0.3 is 5.97 Å². The number of methoxy groups -OCH3 is 4. The molecule has 1 aromatic carbocycles. The first-order valence-corrected chi connectivity index (χ1v) is 10.6. The summed E-state index contributed by atoms with van der Waals surface area (Å²) in [7, 11) is 5.97. The van der Waals surface area contributed by atoms with E-state index < -0.39 is 17.9 Å². The number of furan rings is 1. The summed E-state index contributed by atoms with van der Waals surface area (Å²) in [6.45, 7) is 0. The molecule has 0 saturated carbocycles. The van der Waals surface area contributed by atoms with Gasteiger partial charge in [-0.25, -0.2) is 4.79 Å². The van der Waals surface area contributed by atoms with Crippen molar-refractivity contribution in [3.63, 3.8) is 0 Å². The van der Waals surface area contributed by atoms with Crippen LogP contribution in [0.3, 0.4) is 0 Å². The van der Waals surface area contributed by atoms with Gasteiger partial charge in [0.25, 0.3) is 5.91 Å². The summed E-state index contributed by atoms with van der Waals surface area (Å²) in [5.41, 5.74) is 0.759. The largest absolute Gasteiger partial charge is 0.496 e. The lowest BCUT2D eigenvalue weighted by atomic mass is 10.1. The molecule has 1 aromatic heterocycles. The lowest BCUT2D eigenvalue weighted by molar-refractivity contribution is -0.142. The van der Waals surface area contributed by atoms with Crippen LogP contribution in [-0.2, 0) is 16.0 Å². The highest BCUT2D eigenvalue weighted by molar-refractivity contribution is 7.98. The summed E-state index contributed by atoms with van der Waals surface area (Å²) in [5.74, 6) is 2.15. The molecular formula is C21H27NO7S. The smallest absolute Gasteiger partial charge is 0.328 e. The second kappa shape index (κ2) is 11.4. The Morgan fingerprint density at radius 1 is 1.07 bits per heavy atom. The Balaban J connectivity index is 2.18. The van der Waals surface area contributed by atoms with Crippen LogP contribution in [0.5, 0.6) is 17.2 Å². The van der Waals surface area contributed by atoms with Crippen molar-refractivity contribution in [3.8, 4) is 17.2 Å². The van der Waals surface area contributed by atoms with Crippen LogP contribution < -0.4 is 19.5 Å². The first-order valence-electron chi connectivity index (χ1n) is 9.22. The number of rotatable bonds is 11. The van der Waals surface area contributed by atoms with E-state index in [2.05, 4.69) is 5.32 Å². The number of hydrogen-bond acceptors (Lipinski definition) is 8. The molecule has 164 valence electrons. The zero-order valence-corrected chi connectivity index (χ0v) is 18.6. The fraction of sp³-hybridized carbons (Fsp3) is 0.429. The topological polar surface area (TPSA) is 96.2 Å². The van der Waals surface area contributed by atoms with Crippen molar-refractivity contribution >= 4 is 23.6 Å². The molecule has 8 nitrogen and oxygen atoms in total. The van der Waals surface area contributed by atoms with E-state index in [4.69, 9.17) is 23.4 Å². The van der Waals surface area contributed by atoms with Gasteiger partial charge < -0.3 is 28.7 Å². The molecule has 0 aliphatic rings. The van der Waals surface area contributed by atoms with Gasteiger partial charge in [-0.1, -0.05) is 0 Å². The number of carbonyl (C=O) groups is 2. The number of hydrogen-bond donors (Lipinski definition) is 1. The van der Waals surface area contributed by atoms with Gasteiger partial charge in [0.05, 0.1) is 28.4 Å². The molecule has 0 radical (unpaired) electrons. The van der Waals surface area contributed by atoms with Gasteiger partial charge in [-0.05, 0) is 30.6 Å². The summed E-state index contributed by atoms with van der Waals surface area (Å²) in [5, 5.41) is 2.67. The Hall–Kier alpha value is -2.81. The van der Waals surface area contributed by atoms with Crippen molar-refractivity contribution in [2.24, 2.45) is 0 Å². The highest BCUT2D eigenvalue weighted by Gasteiger charge is 2.24. The number of carbonyl (C=O) groups excluding carboxylic acids is 2. The van der Waals surface area contributed by atoms with Crippen LogP contribution in [0, 0.1) is 0 Å². The van der Waals surface area contributed by atoms with E-state index in [-0.39, 0.29) is 5.76 Å². The highest BCUT2D eigenvalue weighted by Crippen LogP contribution is 2.35. The zero-order chi connectivity index (χ0) is 22.1. The summed E-state index contributed by atoms with van der Waals surface area (Å²) in [6.07, 6.45) is 2.74. The van der Waals surface area contributed by atoms with E-state index in [0.29, 0.717) is 41.6 Å². The van der Waals surface area contributed by atoms with Crippen molar-refractivity contribution in [2.75, 3.05) is 40.4 Å². The second-order valence-electron chi connectivity index (χ2n) is 6.28. The monoisotopic (exact) mass is 437 g/mol. The van der Waals surface area contributed by atoms with Gasteiger partial charge in [0.2, 0.25) is 0 Å². The SMILES string of the molecule is COC(=O)C(CCSC)NC(=O)c1ccc(Cc2c(OC)cc(OC)cc2OC)o1. The van der Waals surface area contributed by atoms with Gasteiger partial charge in [0.1, 0.15) is 29.1 Å². The minimum Gasteiger partial charge on any atom is -0.496 e. The van der Waals surface area contributed by atoms with E-state index in [1.165, 1.54) is 7.11 Å². The average molecular weight is 438 g/mol. The maximum absolute atomic E-state index is 12.5. The molecule has 0 spiro atoms. The summed E-state index contributed by atoms with van der Waals surface area (Å²) < 4.78 is 26.6. The van der Waals surface area contributed by atoms with Gasteiger partial charge in [-0.15, -0.1) is 0 Å². The maximum atomic E-state index is 12.5. The van der Waals surface area contributed by atoms with Crippen LogP contribution in [0.25, 0.3) is 0 Å². The molecule has 2 rings (SSSR count).